The molecular weight excluding hydrogens is 356 g/mol. The molecule has 0 rings (SSSR count). The lowest BCUT2D eigenvalue weighted by Crippen LogP contribution is -1.97. The number of nitrogens with two attached hydrogens (primary N) is 2. The minimum Gasteiger partial charge on any atom is -0.330 e. The van der Waals surface area contributed by atoms with Gasteiger partial charge >= 0.3 is 0 Å². The van der Waals surface area contributed by atoms with Crippen molar-refractivity contribution in [1.29, 1.82) is 0 Å². The number of rotatable bonds is 20. The van der Waals surface area contributed by atoms with Crippen LogP contribution in [0.5, 0.6) is 0 Å². The molecule has 0 aliphatic rings. The quantitative estimate of drug-likeness (QED) is 0.133. The Morgan fingerprint density at radius 2 is 0.500 bits per heavy atom. The maximum Gasteiger partial charge on any atom is -0.00773 e. The summed E-state index contributed by atoms with van der Waals surface area (Å²) in [6, 6.07) is 0. The highest BCUT2D eigenvalue weighted by Gasteiger charge is 1.92. The Morgan fingerprint density at radius 1 is 0.308 bits per heavy atom. The molecule has 26 heavy (non-hydrogen) atoms. The maximum absolute atomic E-state index is 5.42. The third kappa shape index (κ3) is 32.3. The molecule has 0 unspecified atom stereocenters. The molecule has 0 bridgehead atoms. The van der Waals surface area contributed by atoms with Crippen molar-refractivity contribution in [1.82, 2.24) is 0 Å². The zero-order valence-corrected chi connectivity index (χ0v) is 19.4. The van der Waals surface area contributed by atoms with E-state index in [2.05, 4.69) is 25.3 Å². The molecule has 0 heterocycles. The van der Waals surface area contributed by atoms with E-state index in [9.17, 15) is 0 Å². The molecule has 2 nitrogen and oxygen atoms in total. The summed E-state index contributed by atoms with van der Waals surface area (Å²) in [5.74, 6) is 2.10. The van der Waals surface area contributed by atoms with E-state index < -0.39 is 0 Å². The van der Waals surface area contributed by atoms with E-state index in [1.54, 1.807) is 0 Å². The Hall–Kier alpha value is 0.620. The van der Waals surface area contributed by atoms with E-state index in [4.69, 9.17) is 11.5 Å². The Bertz CT molecular complexity index is 174. The van der Waals surface area contributed by atoms with Gasteiger partial charge in [0.05, 0.1) is 0 Å². The topological polar surface area (TPSA) is 52.0 Å². The number of thiol groups is 2. The van der Waals surface area contributed by atoms with Crippen LogP contribution >= 0.6 is 25.3 Å². The zero-order chi connectivity index (χ0) is 19.6. The number of hydrogen-bond donors (Lipinski definition) is 4. The van der Waals surface area contributed by atoms with Crippen molar-refractivity contribution in [2.45, 2.75) is 116 Å². The van der Waals surface area contributed by atoms with Gasteiger partial charge in [-0.1, -0.05) is 89.9 Å². The van der Waals surface area contributed by atoms with Crippen LogP contribution in [-0.2, 0) is 0 Å². The predicted molar refractivity (Wildman–Crippen MR) is 129 cm³/mol. The van der Waals surface area contributed by atoms with E-state index >= 15 is 0 Å². The molecule has 4 N–H and O–H groups in total. The van der Waals surface area contributed by atoms with Gasteiger partial charge in [-0.15, -0.1) is 0 Å². The average molecular weight is 407 g/mol. The molecular formula is C22H50N2S2. The molecule has 0 amide bonds. The fourth-order valence-electron chi connectivity index (χ4n) is 2.99. The largest absolute Gasteiger partial charge is 0.330 e. The molecule has 0 aliphatic carbocycles. The highest BCUT2D eigenvalue weighted by molar-refractivity contribution is 7.80. The highest BCUT2D eigenvalue weighted by atomic mass is 32.1. The molecule has 0 spiro atoms. The van der Waals surface area contributed by atoms with Gasteiger partial charge in [0.25, 0.3) is 0 Å². The predicted octanol–water partition coefficient (Wildman–Crippen LogP) is 6.77. The van der Waals surface area contributed by atoms with Crippen LogP contribution in [0.25, 0.3) is 0 Å². The fourth-order valence-corrected chi connectivity index (χ4v) is 3.43. The lowest BCUT2D eigenvalue weighted by atomic mass is 10.1. The molecule has 0 aromatic carbocycles. The summed E-state index contributed by atoms with van der Waals surface area (Å²) in [5, 5.41) is 0. The molecule has 0 atom stereocenters. The maximum atomic E-state index is 5.42. The van der Waals surface area contributed by atoms with Crippen molar-refractivity contribution < 1.29 is 0 Å². The first-order valence-electron chi connectivity index (χ1n) is 11.4. The van der Waals surface area contributed by atoms with Gasteiger partial charge in [0.2, 0.25) is 0 Å². The lowest BCUT2D eigenvalue weighted by Gasteiger charge is -2.00. The van der Waals surface area contributed by atoms with Gasteiger partial charge in [-0.05, 0) is 50.3 Å². The number of hydrogen-bond acceptors (Lipinski definition) is 4. The van der Waals surface area contributed by atoms with Crippen LogP contribution in [0.3, 0.4) is 0 Å². The van der Waals surface area contributed by atoms with E-state index in [0.717, 1.165) is 24.6 Å². The molecule has 0 saturated carbocycles. The lowest BCUT2D eigenvalue weighted by molar-refractivity contribution is 0.568. The van der Waals surface area contributed by atoms with Gasteiger partial charge in [-0.2, -0.15) is 25.3 Å². The van der Waals surface area contributed by atoms with E-state index in [0.29, 0.717) is 0 Å². The summed E-state index contributed by atoms with van der Waals surface area (Å²) in [6.45, 7) is 1.73. The summed E-state index contributed by atoms with van der Waals surface area (Å²) >= 11 is 8.38. The fraction of sp³-hybridized carbons (Fsp3) is 1.00. The smallest absolute Gasteiger partial charge is 0.00773 e. The van der Waals surface area contributed by atoms with E-state index in [1.807, 2.05) is 0 Å². The Kier molecular flexibility index (Phi) is 33.7. The average Bonchev–Trinajstić information content (AvgIpc) is 2.66. The van der Waals surface area contributed by atoms with Crippen molar-refractivity contribution in [3.05, 3.63) is 0 Å². The van der Waals surface area contributed by atoms with Crippen LogP contribution in [0.15, 0.2) is 0 Å². The van der Waals surface area contributed by atoms with Gasteiger partial charge in [-0.25, -0.2) is 0 Å². The summed E-state index contributed by atoms with van der Waals surface area (Å²) in [6.07, 6.45) is 24.4. The van der Waals surface area contributed by atoms with Crippen LogP contribution in [0.2, 0.25) is 0 Å². The molecule has 0 saturated heterocycles. The first kappa shape index (κ1) is 28.8. The zero-order valence-electron chi connectivity index (χ0n) is 17.6. The van der Waals surface area contributed by atoms with Gasteiger partial charge in [0, 0.05) is 0 Å². The van der Waals surface area contributed by atoms with Crippen LogP contribution in [0, 0.1) is 0 Å². The van der Waals surface area contributed by atoms with Gasteiger partial charge in [0.15, 0.2) is 0 Å². The van der Waals surface area contributed by atoms with Crippen molar-refractivity contribution in [3.8, 4) is 0 Å². The van der Waals surface area contributed by atoms with E-state index in [-0.39, 0.29) is 0 Å². The Labute approximate surface area is 176 Å². The molecule has 0 aromatic rings. The first-order valence-corrected chi connectivity index (χ1v) is 12.7. The van der Waals surface area contributed by atoms with Crippen LogP contribution in [0.1, 0.15) is 116 Å². The summed E-state index contributed by atoms with van der Waals surface area (Å²) in [5.41, 5.74) is 10.8. The highest BCUT2D eigenvalue weighted by Crippen LogP contribution is 2.10. The molecule has 0 aromatic heterocycles. The summed E-state index contributed by atoms with van der Waals surface area (Å²) in [4.78, 5) is 0. The van der Waals surface area contributed by atoms with E-state index in [1.165, 1.54) is 116 Å². The second-order valence-corrected chi connectivity index (χ2v) is 8.28. The molecule has 0 fully saturated rings. The molecule has 0 aliphatic heterocycles. The molecule has 160 valence electrons. The van der Waals surface area contributed by atoms with Crippen molar-refractivity contribution in [2.75, 3.05) is 24.6 Å². The van der Waals surface area contributed by atoms with Crippen LogP contribution < -0.4 is 11.5 Å². The third-order valence-corrected chi connectivity index (χ3v) is 5.36. The van der Waals surface area contributed by atoms with Gasteiger partial charge in [0.1, 0.15) is 0 Å². The second kappa shape index (κ2) is 30.4. The van der Waals surface area contributed by atoms with Crippen molar-refractivity contribution >= 4 is 25.3 Å². The third-order valence-electron chi connectivity index (χ3n) is 4.72. The summed E-state index contributed by atoms with van der Waals surface area (Å²) in [7, 11) is 0. The molecule has 0 radical (unpaired) electrons. The van der Waals surface area contributed by atoms with Gasteiger partial charge < -0.3 is 11.5 Å². The van der Waals surface area contributed by atoms with Crippen LogP contribution in [0.4, 0.5) is 0 Å². The monoisotopic (exact) mass is 406 g/mol. The second-order valence-electron chi connectivity index (χ2n) is 7.39. The minimum atomic E-state index is 0.863. The van der Waals surface area contributed by atoms with Crippen LogP contribution in [-0.4, -0.2) is 24.6 Å². The normalized spacial score (nSPS) is 10.6. The standard InChI is InChI=1S/2C11H25NS/c2*12-10-8-6-4-2-1-3-5-7-9-11-13/h2*13H,1-12H2. The minimum absolute atomic E-state index is 0.863. The first-order chi connectivity index (χ1) is 12.8. The Balaban J connectivity index is 0. The SMILES string of the molecule is NCCCCCCCCCCCS.NCCCCCCCCCCCS. The Morgan fingerprint density at radius 3 is 0.692 bits per heavy atom. The van der Waals surface area contributed by atoms with Crippen molar-refractivity contribution in [3.63, 3.8) is 0 Å². The van der Waals surface area contributed by atoms with Gasteiger partial charge in [-0.3, -0.25) is 0 Å². The number of unbranched alkanes of at least 4 members (excludes halogenated alkanes) is 16. The summed E-state index contributed by atoms with van der Waals surface area (Å²) < 4.78 is 0. The molecule has 4 heteroatoms. The van der Waals surface area contributed by atoms with Crippen molar-refractivity contribution in [2.24, 2.45) is 11.5 Å².